The van der Waals surface area contributed by atoms with Gasteiger partial charge in [-0.1, -0.05) is 17.7 Å². The van der Waals surface area contributed by atoms with Crippen molar-refractivity contribution >= 4 is 12.3 Å². The van der Waals surface area contributed by atoms with Gasteiger partial charge in [-0.05, 0) is 46.5 Å². The second kappa shape index (κ2) is 12.0. The van der Waals surface area contributed by atoms with Crippen LogP contribution in [-0.4, -0.2) is 69.6 Å². The van der Waals surface area contributed by atoms with E-state index in [-0.39, 0.29) is 32.2 Å². The van der Waals surface area contributed by atoms with Crippen LogP contribution in [0.2, 0.25) is 0 Å². The molecule has 0 aliphatic carbocycles. The van der Waals surface area contributed by atoms with Crippen LogP contribution in [0.3, 0.4) is 0 Å². The standard InChI is InChI=1S/C24H38O8/c1-17-7-9-19(14-25)20(31-18(2)26)13-24(4,30-16-28-6)22-11-12-23(3,29-15-27-5)21(32-22)10-8-17/h7,9,14,20-22H,8,10-13,15-16H2,1-6H3/b17-7+,19-9-/t20-,21-,22+,23+,24-/m1/s1. The molecule has 2 aliphatic rings. The quantitative estimate of drug-likeness (QED) is 0.313. The molecular formula is C24H38O8. The number of rotatable bonds is 8. The van der Waals surface area contributed by atoms with Crippen LogP contribution < -0.4 is 0 Å². The zero-order chi connectivity index (χ0) is 23.8. The van der Waals surface area contributed by atoms with E-state index >= 15 is 0 Å². The van der Waals surface area contributed by atoms with Gasteiger partial charge in [0.2, 0.25) is 0 Å². The van der Waals surface area contributed by atoms with Crippen molar-refractivity contribution in [2.75, 3.05) is 27.8 Å². The Morgan fingerprint density at radius 3 is 2.31 bits per heavy atom. The molecular weight excluding hydrogens is 416 g/mol. The third-order valence-electron chi connectivity index (χ3n) is 6.37. The molecule has 0 radical (unpaired) electrons. The summed E-state index contributed by atoms with van der Waals surface area (Å²) in [6.45, 7) is 7.54. The Morgan fingerprint density at radius 1 is 1.09 bits per heavy atom. The normalized spacial score (nSPS) is 37.1. The van der Waals surface area contributed by atoms with Crippen molar-refractivity contribution in [2.24, 2.45) is 0 Å². The van der Waals surface area contributed by atoms with Gasteiger partial charge in [-0.25, -0.2) is 0 Å². The fourth-order valence-electron chi connectivity index (χ4n) is 4.35. The maximum atomic E-state index is 11.9. The molecule has 0 saturated carbocycles. The van der Waals surface area contributed by atoms with E-state index in [0.717, 1.165) is 31.1 Å². The van der Waals surface area contributed by atoms with Crippen LogP contribution in [-0.2, 0) is 38.0 Å². The van der Waals surface area contributed by atoms with E-state index < -0.39 is 23.3 Å². The molecule has 0 amide bonds. The number of carbonyl (C=O) groups excluding carboxylic acids is 2. The van der Waals surface area contributed by atoms with Gasteiger partial charge in [-0.3, -0.25) is 9.59 Å². The molecule has 1 saturated heterocycles. The highest BCUT2D eigenvalue weighted by Gasteiger charge is 2.49. The summed E-state index contributed by atoms with van der Waals surface area (Å²) in [5.74, 6) is -0.465. The molecule has 8 nitrogen and oxygen atoms in total. The first-order valence-corrected chi connectivity index (χ1v) is 11.1. The number of ether oxygens (including phenoxy) is 6. The van der Waals surface area contributed by atoms with E-state index in [1.807, 2.05) is 19.9 Å². The molecule has 0 aromatic heterocycles. The monoisotopic (exact) mass is 454 g/mol. The van der Waals surface area contributed by atoms with Crippen LogP contribution in [0.4, 0.5) is 0 Å². The molecule has 5 atom stereocenters. The molecule has 182 valence electrons. The summed E-state index contributed by atoms with van der Waals surface area (Å²) >= 11 is 0. The SMILES string of the molecule is COCO[C@]1(C)C[C@@H](OC(C)=O)/C(C=O)=C\C=C(/C)CC[C@H]2O[C@H]1CC[C@]2(C)OCOC. The topological polar surface area (TPSA) is 89.5 Å². The van der Waals surface area contributed by atoms with Gasteiger partial charge in [0.15, 0.2) is 0 Å². The summed E-state index contributed by atoms with van der Waals surface area (Å²) in [6, 6.07) is 0. The minimum Gasteiger partial charge on any atom is -0.457 e. The molecule has 2 rings (SSSR count). The van der Waals surface area contributed by atoms with Crippen molar-refractivity contribution in [1.82, 2.24) is 0 Å². The lowest BCUT2D eigenvalue weighted by Crippen LogP contribution is -2.57. The number of methoxy groups -OCH3 is 2. The Kier molecular flexibility index (Phi) is 10.0. The molecule has 0 aromatic carbocycles. The van der Waals surface area contributed by atoms with E-state index in [9.17, 15) is 9.59 Å². The van der Waals surface area contributed by atoms with E-state index in [1.165, 1.54) is 6.92 Å². The van der Waals surface area contributed by atoms with Crippen LogP contribution >= 0.6 is 0 Å². The van der Waals surface area contributed by atoms with Gasteiger partial charge in [0.25, 0.3) is 0 Å². The minimum absolute atomic E-state index is 0.0460. The van der Waals surface area contributed by atoms with Gasteiger partial charge in [0.05, 0.1) is 23.4 Å². The number of aldehydes is 1. The first-order chi connectivity index (χ1) is 15.2. The smallest absolute Gasteiger partial charge is 0.303 e. The highest BCUT2D eigenvalue weighted by atomic mass is 16.7. The van der Waals surface area contributed by atoms with Gasteiger partial charge >= 0.3 is 5.97 Å². The van der Waals surface area contributed by atoms with Crippen molar-refractivity contribution in [1.29, 1.82) is 0 Å². The summed E-state index contributed by atoms with van der Waals surface area (Å²) in [5.41, 5.74) is 0.104. The van der Waals surface area contributed by atoms with E-state index in [1.54, 1.807) is 20.3 Å². The van der Waals surface area contributed by atoms with Gasteiger partial charge in [-0.15, -0.1) is 0 Å². The number of fused-ring (bicyclic) bond motifs is 2. The molecule has 2 heterocycles. The molecule has 1 fully saturated rings. The zero-order valence-corrected chi connectivity index (χ0v) is 20.2. The van der Waals surface area contributed by atoms with Crippen LogP contribution in [0.15, 0.2) is 23.3 Å². The highest BCUT2D eigenvalue weighted by Crippen LogP contribution is 2.41. The summed E-state index contributed by atoms with van der Waals surface area (Å²) in [5, 5.41) is 0. The van der Waals surface area contributed by atoms with Crippen molar-refractivity contribution < 1.29 is 38.0 Å². The van der Waals surface area contributed by atoms with Gasteiger partial charge < -0.3 is 28.4 Å². The summed E-state index contributed by atoms with van der Waals surface area (Å²) in [6.07, 6.45) is 6.26. The van der Waals surface area contributed by atoms with Crippen LogP contribution in [0, 0.1) is 0 Å². The Morgan fingerprint density at radius 2 is 1.72 bits per heavy atom. The van der Waals surface area contributed by atoms with Crippen LogP contribution in [0.1, 0.15) is 59.8 Å². The Bertz CT molecular complexity index is 702. The van der Waals surface area contributed by atoms with E-state index in [0.29, 0.717) is 12.0 Å². The zero-order valence-electron chi connectivity index (χ0n) is 20.2. The summed E-state index contributed by atoms with van der Waals surface area (Å²) < 4.78 is 34.7. The minimum atomic E-state index is -0.864. The van der Waals surface area contributed by atoms with Crippen LogP contribution in [0.5, 0.6) is 0 Å². The molecule has 0 aromatic rings. The Hall–Kier alpha value is -1.58. The molecule has 0 N–H and O–H groups in total. The van der Waals surface area contributed by atoms with Crippen molar-refractivity contribution in [3.63, 3.8) is 0 Å². The first-order valence-electron chi connectivity index (χ1n) is 11.1. The van der Waals surface area contributed by atoms with Gasteiger partial charge in [0.1, 0.15) is 26.0 Å². The fraction of sp³-hybridized carbons (Fsp3) is 0.750. The molecule has 32 heavy (non-hydrogen) atoms. The number of hydrogen-bond donors (Lipinski definition) is 0. The second-order valence-electron chi connectivity index (χ2n) is 9.02. The van der Waals surface area contributed by atoms with Crippen molar-refractivity contribution in [3.8, 4) is 0 Å². The number of hydrogen-bond acceptors (Lipinski definition) is 8. The third-order valence-corrected chi connectivity index (χ3v) is 6.37. The number of allylic oxidation sites excluding steroid dienone is 3. The average molecular weight is 455 g/mol. The lowest BCUT2D eigenvalue weighted by atomic mass is 9.79. The molecule has 8 heteroatoms. The first kappa shape index (κ1) is 26.7. The molecule has 2 aliphatic heterocycles. The lowest BCUT2D eigenvalue weighted by molar-refractivity contribution is -0.268. The van der Waals surface area contributed by atoms with Gasteiger partial charge in [0, 0.05) is 33.1 Å². The van der Waals surface area contributed by atoms with E-state index in [4.69, 9.17) is 28.4 Å². The summed E-state index contributed by atoms with van der Waals surface area (Å²) in [7, 11) is 3.15. The van der Waals surface area contributed by atoms with Gasteiger partial charge in [-0.2, -0.15) is 0 Å². The molecule has 0 unspecified atom stereocenters. The van der Waals surface area contributed by atoms with Crippen molar-refractivity contribution in [3.05, 3.63) is 23.3 Å². The largest absolute Gasteiger partial charge is 0.457 e. The predicted octanol–water partition coefficient (Wildman–Crippen LogP) is 3.48. The van der Waals surface area contributed by atoms with Crippen LogP contribution in [0.25, 0.3) is 0 Å². The summed E-state index contributed by atoms with van der Waals surface area (Å²) in [4.78, 5) is 23.7. The lowest BCUT2D eigenvalue weighted by Gasteiger charge is -2.49. The highest BCUT2D eigenvalue weighted by molar-refractivity contribution is 5.77. The Labute approximate surface area is 191 Å². The Balaban J connectivity index is 2.48. The van der Waals surface area contributed by atoms with E-state index in [2.05, 4.69) is 6.92 Å². The number of carbonyl (C=O) groups is 2. The number of esters is 1. The average Bonchev–Trinajstić information content (AvgIpc) is 2.75. The second-order valence-corrected chi connectivity index (χ2v) is 9.02. The molecule has 2 bridgehead atoms. The molecule has 0 spiro atoms. The third kappa shape index (κ3) is 6.96. The predicted molar refractivity (Wildman–Crippen MR) is 118 cm³/mol. The van der Waals surface area contributed by atoms with Crippen molar-refractivity contribution in [2.45, 2.75) is 89.3 Å². The fourth-order valence-corrected chi connectivity index (χ4v) is 4.35. The maximum Gasteiger partial charge on any atom is 0.303 e. The maximum absolute atomic E-state index is 11.9.